The first-order valence-corrected chi connectivity index (χ1v) is 9.52. The zero-order valence-corrected chi connectivity index (χ0v) is 13.8. The minimum atomic E-state index is -4.55. The first-order valence-electron chi connectivity index (χ1n) is 6.32. The van der Waals surface area contributed by atoms with Gasteiger partial charge >= 0.3 is 10.3 Å². The lowest BCUT2D eigenvalue weighted by molar-refractivity contribution is -0.150. The van der Waals surface area contributed by atoms with E-state index in [-0.39, 0.29) is 11.7 Å². The highest BCUT2D eigenvalue weighted by Gasteiger charge is 2.59. The second-order valence-electron chi connectivity index (χ2n) is 4.88. The summed E-state index contributed by atoms with van der Waals surface area (Å²) in [5, 5.41) is 8.54. The first-order chi connectivity index (χ1) is 10.3. The molecule has 1 N–H and O–H groups in total. The fourth-order valence-corrected chi connectivity index (χ4v) is 5.24. The monoisotopic (exact) mass is 364 g/mol. The van der Waals surface area contributed by atoms with Gasteiger partial charge in [0, 0.05) is 6.54 Å². The Balaban J connectivity index is 1.62. The fraction of sp³-hybridized carbons (Fsp3) is 0.600. The molecule has 1 aromatic heterocycles. The van der Waals surface area contributed by atoms with Crippen molar-refractivity contribution in [2.75, 3.05) is 12.3 Å². The van der Waals surface area contributed by atoms with Crippen molar-refractivity contribution in [1.29, 1.82) is 0 Å². The largest absolute Gasteiger partial charge is 0.362 e. The van der Waals surface area contributed by atoms with Crippen molar-refractivity contribution in [3.63, 3.8) is 0 Å². The number of carbonyl (C=O) groups is 2. The molecule has 0 saturated carbocycles. The number of likely N-dealkylation sites (tertiary alicyclic amines) is 1. The summed E-state index contributed by atoms with van der Waals surface area (Å²) >= 11 is 2.61. The van der Waals surface area contributed by atoms with Gasteiger partial charge in [0.2, 0.25) is 5.91 Å². The van der Waals surface area contributed by atoms with Crippen LogP contribution in [0, 0.1) is 6.92 Å². The summed E-state index contributed by atoms with van der Waals surface area (Å²) in [6, 6.07) is -1.44. The molecule has 2 atom stereocenters. The van der Waals surface area contributed by atoms with Crippen molar-refractivity contribution in [3.8, 4) is 0 Å². The van der Waals surface area contributed by atoms with Crippen LogP contribution < -0.4 is 0 Å². The second kappa shape index (κ2) is 5.44. The van der Waals surface area contributed by atoms with Crippen LogP contribution in [0.5, 0.6) is 0 Å². The standard InChI is InChI=1S/C10H12N4O5S3/c1-5-11-12-10(21-5)20-4-7(15)13-3-2-6-8(13)9(16)14(6)22(17,18)19/h6,8H,2-4H2,1H3,(H,17,18,19)/t6-,8+/m1/s1. The van der Waals surface area contributed by atoms with Crippen molar-refractivity contribution in [2.45, 2.75) is 29.8 Å². The van der Waals surface area contributed by atoms with Gasteiger partial charge in [-0.25, -0.2) is 4.31 Å². The van der Waals surface area contributed by atoms with Crippen molar-refractivity contribution in [1.82, 2.24) is 19.4 Å². The molecule has 2 saturated heterocycles. The molecule has 9 nitrogen and oxygen atoms in total. The molecular formula is C10H12N4O5S3. The molecule has 0 spiro atoms. The molecule has 12 heteroatoms. The molecule has 0 bridgehead atoms. The average Bonchev–Trinajstić information content (AvgIpc) is 2.98. The third-order valence-electron chi connectivity index (χ3n) is 3.53. The molecule has 120 valence electrons. The van der Waals surface area contributed by atoms with E-state index in [0.717, 1.165) is 5.01 Å². The van der Waals surface area contributed by atoms with E-state index in [1.807, 2.05) is 6.92 Å². The van der Waals surface area contributed by atoms with Crippen molar-refractivity contribution < 1.29 is 22.6 Å². The van der Waals surface area contributed by atoms with E-state index >= 15 is 0 Å². The van der Waals surface area contributed by atoms with Crippen LogP contribution in [0.3, 0.4) is 0 Å². The van der Waals surface area contributed by atoms with Gasteiger partial charge < -0.3 is 4.90 Å². The number of nitrogens with zero attached hydrogens (tertiary/aromatic N) is 4. The quantitative estimate of drug-likeness (QED) is 0.433. The number of hydrogen-bond donors (Lipinski definition) is 1. The van der Waals surface area contributed by atoms with Gasteiger partial charge in [0.05, 0.1) is 11.8 Å². The Labute approximate surface area is 134 Å². The lowest BCUT2D eigenvalue weighted by atomic mass is 10.0. The zero-order chi connectivity index (χ0) is 16.1. The Kier molecular flexibility index (Phi) is 3.87. The molecule has 0 aliphatic carbocycles. The number of carbonyl (C=O) groups excluding carboxylic acids is 2. The first kappa shape index (κ1) is 15.6. The summed E-state index contributed by atoms with van der Waals surface area (Å²) in [4.78, 5) is 25.4. The van der Waals surface area contributed by atoms with Gasteiger partial charge in [-0.2, -0.15) is 8.42 Å². The van der Waals surface area contributed by atoms with Crippen molar-refractivity contribution >= 4 is 45.2 Å². The number of β-lactam (4-membered cyclic amide) rings is 1. The number of aromatic nitrogens is 2. The zero-order valence-electron chi connectivity index (χ0n) is 11.4. The molecule has 2 aliphatic heterocycles. The lowest BCUT2D eigenvalue weighted by Gasteiger charge is -2.42. The van der Waals surface area contributed by atoms with Crippen LogP contribution in [-0.4, -0.2) is 68.6 Å². The van der Waals surface area contributed by atoms with Gasteiger partial charge in [0.15, 0.2) is 4.34 Å². The van der Waals surface area contributed by atoms with Crippen LogP contribution in [-0.2, 0) is 19.9 Å². The summed E-state index contributed by atoms with van der Waals surface area (Å²) in [6.45, 7) is 2.10. The Morgan fingerprint density at radius 2 is 2.23 bits per heavy atom. The van der Waals surface area contributed by atoms with Crippen LogP contribution >= 0.6 is 23.1 Å². The Morgan fingerprint density at radius 3 is 2.82 bits per heavy atom. The Hall–Kier alpha value is -1.24. The molecule has 3 heterocycles. The number of amides is 2. The van der Waals surface area contributed by atoms with Gasteiger partial charge in [0.25, 0.3) is 5.91 Å². The lowest BCUT2D eigenvalue weighted by Crippen LogP contribution is -2.68. The Morgan fingerprint density at radius 1 is 1.50 bits per heavy atom. The van der Waals surface area contributed by atoms with Gasteiger partial charge in [-0.05, 0) is 13.3 Å². The number of thioether (sulfide) groups is 1. The van der Waals surface area contributed by atoms with Gasteiger partial charge in [-0.3, -0.25) is 14.1 Å². The molecule has 0 aromatic carbocycles. The third-order valence-corrected chi connectivity index (χ3v) is 6.44. The van der Waals surface area contributed by atoms with E-state index in [4.69, 9.17) is 4.55 Å². The minimum Gasteiger partial charge on any atom is -0.328 e. The third kappa shape index (κ3) is 2.59. The summed E-state index contributed by atoms with van der Waals surface area (Å²) in [5.74, 6) is -0.902. The van der Waals surface area contributed by atoms with Gasteiger partial charge in [-0.1, -0.05) is 23.1 Å². The van der Waals surface area contributed by atoms with E-state index < -0.39 is 28.3 Å². The summed E-state index contributed by atoms with van der Waals surface area (Å²) < 4.78 is 32.3. The molecule has 1 aromatic rings. The smallest absolute Gasteiger partial charge is 0.328 e. The highest BCUT2D eigenvalue weighted by atomic mass is 32.2. The van der Waals surface area contributed by atoms with Crippen LogP contribution in [0.25, 0.3) is 0 Å². The Bertz CT molecular complexity index is 733. The molecule has 0 radical (unpaired) electrons. The summed E-state index contributed by atoms with van der Waals surface area (Å²) in [7, 11) is -4.55. The maximum absolute atomic E-state index is 12.2. The van der Waals surface area contributed by atoms with Crippen molar-refractivity contribution in [3.05, 3.63) is 5.01 Å². The maximum atomic E-state index is 12.2. The molecule has 2 amide bonds. The van der Waals surface area contributed by atoms with E-state index in [1.54, 1.807) is 0 Å². The SMILES string of the molecule is Cc1nnc(SCC(=O)N2CC[C@@H]3[C@H]2C(=O)N3S(=O)(=O)O)s1. The van der Waals surface area contributed by atoms with E-state index in [0.29, 0.717) is 21.6 Å². The van der Waals surface area contributed by atoms with E-state index in [9.17, 15) is 18.0 Å². The topological polar surface area (TPSA) is 121 Å². The van der Waals surface area contributed by atoms with E-state index in [1.165, 1.54) is 28.0 Å². The van der Waals surface area contributed by atoms with Crippen molar-refractivity contribution in [2.24, 2.45) is 0 Å². The maximum Gasteiger partial charge on any atom is 0.362 e. The van der Waals surface area contributed by atoms with E-state index in [2.05, 4.69) is 10.2 Å². The van der Waals surface area contributed by atoms with Gasteiger partial charge in [0.1, 0.15) is 11.0 Å². The number of rotatable bonds is 4. The van der Waals surface area contributed by atoms with Crippen LogP contribution in [0.4, 0.5) is 0 Å². The molecule has 2 aliphatic rings. The normalized spacial score (nSPS) is 24.4. The predicted molar refractivity (Wildman–Crippen MR) is 77.7 cm³/mol. The second-order valence-corrected chi connectivity index (χ2v) is 8.57. The minimum absolute atomic E-state index is 0.108. The number of hydrogen-bond acceptors (Lipinski definition) is 8. The molecule has 3 rings (SSSR count). The number of aryl methyl sites for hydroxylation is 1. The molecule has 2 fully saturated rings. The van der Waals surface area contributed by atoms with Crippen LogP contribution in [0.1, 0.15) is 11.4 Å². The van der Waals surface area contributed by atoms with Crippen LogP contribution in [0.15, 0.2) is 4.34 Å². The summed E-state index contributed by atoms with van der Waals surface area (Å²) in [6.07, 6.45) is 0.338. The molecule has 0 unspecified atom stereocenters. The van der Waals surface area contributed by atoms with Gasteiger partial charge in [-0.15, -0.1) is 10.2 Å². The summed E-state index contributed by atoms with van der Waals surface area (Å²) in [5.41, 5.74) is 0. The number of fused-ring (bicyclic) bond motifs is 1. The molecule has 22 heavy (non-hydrogen) atoms. The highest BCUT2D eigenvalue weighted by molar-refractivity contribution is 8.01. The fourth-order valence-electron chi connectivity index (χ4n) is 2.64. The van der Waals surface area contributed by atoms with Crippen LogP contribution in [0.2, 0.25) is 0 Å². The highest BCUT2D eigenvalue weighted by Crippen LogP contribution is 2.36. The average molecular weight is 364 g/mol. The predicted octanol–water partition coefficient (Wildman–Crippen LogP) is -0.447. The molecular weight excluding hydrogens is 352 g/mol.